The van der Waals surface area contributed by atoms with Crippen molar-refractivity contribution in [2.24, 2.45) is 0 Å². The van der Waals surface area contributed by atoms with E-state index in [2.05, 4.69) is 112 Å². The Morgan fingerprint density at radius 1 is 0.595 bits per heavy atom. The SMILES string of the molecule is C#Cc1cc2cnc(Nc3ccc(N4CCNC(C)C4)c(F)c3)nc2n(Cc2ncccc2S(=O)(=O)CCN(C)C)c1=O.CC1CNCCN1c1ccc(Nc2ncc3cc(C4CC4)c(=O)n(Cc4cnccc4S(=O)c4ccccc4)c3n2)cc1F.CCOc1cc2cnc(Nc3ccc(N4CCNCC4)c(Cl)c3)nc2n(Cc2cnncc2S(=O)(=O)c2ccncc2)c1=O. The topological polar surface area (TPSA) is 388 Å². The normalized spacial score (nSPS) is 15.6. The summed E-state index contributed by atoms with van der Waals surface area (Å²) in [6.45, 7) is 14.3. The van der Waals surface area contributed by atoms with Crippen molar-refractivity contribution in [2.45, 2.75) is 95.7 Å². The largest absolute Gasteiger partial charge is 0.488 e. The van der Waals surface area contributed by atoms with E-state index >= 15 is 8.78 Å². The van der Waals surface area contributed by atoms with Gasteiger partial charge in [-0.3, -0.25) is 43.0 Å². The second-order valence-electron chi connectivity index (χ2n) is 32.0. The second-order valence-corrected chi connectivity index (χ2v) is 37.8. The molecule has 4 aromatic carbocycles. The van der Waals surface area contributed by atoms with Crippen molar-refractivity contribution in [1.82, 2.24) is 89.6 Å². The first-order valence-corrected chi connectivity index (χ1v) is 47.1. The molecule has 0 bridgehead atoms. The number of anilines is 9. The number of rotatable bonds is 26. The number of aromatic nitrogens is 14. The molecule has 1 saturated carbocycles. The first-order valence-electron chi connectivity index (χ1n) is 42.4. The average Bonchev–Trinajstić information content (AvgIpc) is 1.44. The number of terminal acetylenes is 1. The van der Waals surface area contributed by atoms with Crippen LogP contribution in [0, 0.1) is 24.0 Å². The molecule has 3 aliphatic heterocycles. The Balaban J connectivity index is 0.000000144. The molecule has 131 heavy (non-hydrogen) atoms. The fraction of sp³-hybridized carbons (Fsp3) is 0.283. The lowest BCUT2D eigenvalue weighted by Gasteiger charge is -2.36. The Kier molecular flexibility index (Phi) is 27.9. The van der Waals surface area contributed by atoms with Gasteiger partial charge in [-0.15, -0.1) is 6.42 Å². The Morgan fingerprint density at radius 2 is 1.19 bits per heavy atom. The molecule has 10 aromatic heterocycles. The van der Waals surface area contributed by atoms with Crippen molar-refractivity contribution in [1.29, 1.82) is 0 Å². The van der Waals surface area contributed by atoms with E-state index in [4.69, 9.17) is 27.7 Å². The van der Waals surface area contributed by atoms with Crippen LogP contribution in [0.25, 0.3) is 33.1 Å². The minimum atomic E-state index is -3.99. The summed E-state index contributed by atoms with van der Waals surface area (Å²) in [6.07, 6.45) is 22.3. The van der Waals surface area contributed by atoms with Crippen LogP contribution in [0.3, 0.4) is 0 Å². The number of pyridine rings is 6. The molecule has 4 fully saturated rings. The van der Waals surface area contributed by atoms with Crippen molar-refractivity contribution < 1.29 is 34.6 Å². The standard InChI is InChI=1S/C33H32FN7O2S.C30H33FN8O3S.C29H28ClN9O4S/c1-21-17-36-13-14-40(21)29-10-9-25(16-28(29)34)38-33-37-19-23-15-27(22-7-8-22)32(42)41(31(23)39-33)20-24-18-35-12-11-30(24)44(43)26-5-3-2-4-6-26;1-5-21-15-22-17-34-30(35-23-8-9-26(24(31)16-23)38-12-11-32-20(2)18-38)36-28(22)39(29(21)40)19-25-27(7-6-10-33-25)43(41,42)14-13-37(3)4;1-2-43-25-13-19-15-33-29(36-21-3-4-24(23(30)14-21)38-11-9-32-10-12-38)37-27(19)39(28(25)40)18-20-16-34-35-17-26(20)44(41,42)22-5-7-31-8-6-22/h2-6,9-12,15-16,18-19,21-22,36H,7-8,13-14,17,20H2,1H3,(H,37,38,39);1,6-10,15-17,20,32H,11-14,18-19H2,2-4H3,(H,34,35,36);3-8,13-17,32H,2,9-12,18H2,1H3,(H,33,36,37). The number of hydrogen-bond acceptors (Lipinski definition) is 30. The maximum Gasteiger partial charge on any atom is 0.294 e. The summed E-state index contributed by atoms with van der Waals surface area (Å²) in [4.78, 5) is 90.0. The summed E-state index contributed by atoms with van der Waals surface area (Å²) < 4.78 is 107. The van der Waals surface area contributed by atoms with Gasteiger partial charge in [-0.25, -0.2) is 44.8 Å². The lowest BCUT2D eigenvalue weighted by atomic mass is 10.1. The predicted octanol–water partition coefficient (Wildman–Crippen LogP) is 10.3. The van der Waals surface area contributed by atoms with Crippen molar-refractivity contribution in [3.8, 4) is 18.1 Å². The Labute approximate surface area is 760 Å². The van der Waals surface area contributed by atoms with Crippen molar-refractivity contribution >= 4 is 127 Å². The van der Waals surface area contributed by atoms with E-state index in [1.165, 1.54) is 82.7 Å². The molecule has 674 valence electrons. The first kappa shape index (κ1) is 90.8. The van der Waals surface area contributed by atoms with Gasteiger partial charge in [0.25, 0.3) is 16.7 Å². The molecule has 4 aliphatic rings. The number of benzene rings is 4. The zero-order valence-corrected chi connectivity index (χ0v) is 75.3. The Hall–Kier alpha value is -13.5. The Bertz CT molecular complexity index is 7120. The van der Waals surface area contributed by atoms with E-state index in [-0.39, 0.29) is 134 Å². The number of nitrogens with zero attached hydrogens (tertiary/aromatic N) is 18. The van der Waals surface area contributed by atoms with Gasteiger partial charge in [0.05, 0.1) is 108 Å². The van der Waals surface area contributed by atoms with Crippen LogP contribution in [-0.2, 0) is 50.1 Å². The van der Waals surface area contributed by atoms with E-state index in [1.54, 1.807) is 97.7 Å². The third-order valence-corrected chi connectivity index (χ3v) is 27.9. The lowest BCUT2D eigenvalue weighted by molar-refractivity contribution is 0.333. The predicted molar refractivity (Wildman–Crippen MR) is 500 cm³/mol. The fourth-order valence-corrected chi connectivity index (χ4v) is 20.2. The van der Waals surface area contributed by atoms with Gasteiger partial charge in [0.1, 0.15) is 28.6 Å². The first-order chi connectivity index (χ1) is 63.4. The summed E-state index contributed by atoms with van der Waals surface area (Å²) in [5.41, 5.74) is 5.29. The molecule has 18 rings (SSSR count). The van der Waals surface area contributed by atoms with Crippen molar-refractivity contribution in [3.05, 3.63) is 271 Å². The molecule has 3 saturated heterocycles. The van der Waals surface area contributed by atoms with Crippen LogP contribution >= 0.6 is 11.6 Å². The number of nitrogens with one attached hydrogen (secondary N) is 6. The second kappa shape index (κ2) is 40.2. The molecule has 3 unspecified atom stereocenters. The van der Waals surface area contributed by atoms with E-state index < -0.39 is 41.6 Å². The molecule has 13 heterocycles. The van der Waals surface area contributed by atoms with Crippen LogP contribution in [0.2, 0.25) is 5.02 Å². The van der Waals surface area contributed by atoms with E-state index in [9.17, 15) is 35.4 Å². The molecule has 1 aliphatic carbocycles. The number of fused-ring (bicyclic) bond motifs is 3. The molecule has 0 amide bonds. The van der Waals surface area contributed by atoms with Gasteiger partial charge in [-0.1, -0.05) is 35.7 Å². The van der Waals surface area contributed by atoms with Crippen LogP contribution < -0.4 is 68.0 Å². The molecule has 6 N–H and O–H groups in total. The maximum absolute atomic E-state index is 15.3. The van der Waals surface area contributed by atoms with E-state index in [0.29, 0.717) is 84.9 Å². The van der Waals surface area contributed by atoms with Crippen molar-refractivity contribution in [2.75, 3.05) is 129 Å². The molecule has 14 aromatic rings. The van der Waals surface area contributed by atoms with Crippen LogP contribution in [0.5, 0.6) is 5.75 Å². The van der Waals surface area contributed by atoms with Gasteiger partial charge in [0, 0.05) is 188 Å². The summed E-state index contributed by atoms with van der Waals surface area (Å²) in [6, 6.07) is 37.7. The number of sulfone groups is 2. The molecule has 39 heteroatoms. The monoisotopic (exact) mass is 1850 g/mol. The third kappa shape index (κ3) is 20.9. The van der Waals surface area contributed by atoms with Crippen LogP contribution in [0.4, 0.5) is 60.8 Å². The molecule has 0 spiro atoms. The average molecular weight is 1850 g/mol. The van der Waals surface area contributed by atoms with E-state index in [0.717, 1.165) is 81.8 Å². The summed E-state index contributed by atoms with van der Waals surface area (Å²) >= 11 is 6.64. The molecule has 33 nitrogen and oxygen atoms in total. The van der Waals surface area contributed by atoms with Crippen molar-refractivity contribution in [3.63, 3.8) is 0 Å². The highest BCUT2D eigenvalue weighted by Crippen LogP contribution is 2.40. The molecular weight excluding hydrogens is 1750 g/mol. The highest BCUT2D eigenvalue weighted by Gasteiger charge is 2.32. The van der Waals surface area contributed by atoms with Crippen LogP contribution in [-0.4, -0.2) is 205 Å². The quantitative estimate of drug-likeness (QED) is 0.0274. The smallest absolute Gasteiger partial charge is 0.294 e. The van der Waals surface area contributed by atoms with Gasteiger partial charge in [0.15, 0.2) is 15.6 Å². The number of ether oxygens (including phenoxy) is 1. The molecule has 3 atom stereocenters. The van der Waals surface area contributed by atoms with Crippen LogP contribution in [0.15, 0.2) is 234 Å². The highest BCUT2D eigenvalue weighted by molar-refractivity contribution is 7.91. The number of piperazine rings is 3. The summed E-state index contributed by atoms with van der Waals surface area (Å²) in [5.74, 6) is 2.45. The van der Waals surface area contributed by atoms with Crippen LogP contribution in [0.1, 0.15) is 67.5 Å². The summed E-state index contributed by atoms with van der Waals surface area (Å²) in [7, 11) is -5.58. The van der Waals surface area contributed by atoms with Gasteiger partial charge >= 0.3 is 0 Å². The number of hydrogen-bond donors (Lipinski definition) is 6. The highest BCUT2D eigenvalue weighted by atomic mass is 35.5. The van der Waals surface area contributed by atoms with Gasteiger partial charge in [0.2, 0.25) is 27.7 Å². The minimum Gasteiger partial charge on any atom is -0.488 e. The molecule has 0 radical (unpaired) electrons. The third-order valence-electron chi connectivity index (χ3n) is 22.5. The van der Waals surface area contributed by atoms with Gasteiger partial charge in [-0.05, 0) is 169 Å². The summed E-state index contributed by atoms with van der Waals surface area (Å²) in [5, 5.41) is 29.3. The fourth-order valence-electron chi connectivity index (χ4n) is 15.7. The minimum absolute atomic E-state index is 0.0323. The lowest BCUT2D eigenvalue weighted by Crippen LogP contribution is -2.50. The zero-order chi connectivity index (χ0) is 91.6. The number of halogens is 3. The van der Waals surface area contributed by atoms with Gasteiger partial charge in [-0.2, -0.15) is 25.1 Å². The van der Waals surface area contributed by atoms with E-state index in [1.807, 2.05) is 59.5 Å². The van der Waals surface area contributed by atoms with Gasteiger partial charge < -0.3 is 56.2 Å². The maximum atomic E-state index is 15.3. The Morgan fingerprint density at radius 3 is 1.82 bits per heavy atom. The molecular formula is C92H93ClF2N24O9S3. The zero-order valence-electron chi connectivity index (χ0n) is 72.1.